The van der Waals surface area contributed by atoms with Crippen molar-refractivity contribution in [3.8, 4) is 0 Å². The number of aliphatic imine (C=N–C) groups is 1. The van der Waals surface area contributed by atoms with E-state index in [1.807, 2.05) is 50.2 Å². The Bertz CT molecular complexity index is 1350. The minimum Gasteiger partial charge on any atom is -0.326 e. The topological polar surface area (TPSA) is 65.0 Å². The monoisotopic (exact) mass is 544 g/mol. The van der Waals surface area contributed by atoms with Crippen molar-refractivity contribution in [1.82, 2.24) is 9.80 Å². The number of carbonyl (C=O) groups is 2. The van der Waals surface area contributed by atoms with Crippen LogP contribution < -0.4 is 5.32 Å². The third kappa shape index (κ3) is 6.40. The van der Waals surface area contributed by atoms with E-state index in [0.717, 1.165) is 49.3 Å². The molecule has 0 aliphatic carbocycles. The number of anilines is 1. The van der Waals surface area contributed by atoms with E-state index in [1.54, 1.807) is 23.1 Å². The van der Waals surface area contributed by atoms with Crippen molar-refractivity contribution >= 4 is 40.1 Å². The maximum Gasteiger partial charge on any atom is 0.242 e. The second-order valence-corrected chi connectivity index (χ2v) is 11.3. The molecule has 202 valence electrons. The van der Waals surface area contributed by atoms with Gasteiger partial charge in [-0.05, 0) is 55.5 Å². The standard InChI is InChI=1S/C31H33FN4O2S/c1-21-9-8-10-22(2)29(21)34-28(37)19-27-30(38)36(31(39-27)33-26-14-7-6-13-25(26)32)24-15-17-35(18-16-24)20-23-11-4-3-5-12-23/h3-14,24,27H,15-20H2,1-2H3,(H,34,37). The van der Waals surface area contributed by atoms with Gasteiger partial charge in [0.15, 0.2) is 5.17 Å². The Kier molecular flexibility index (Phi) is 8.43. The second-order valence-electron chi connectivity index (χ2n) is 10.2. The lowest BCUT2D eigenvalue weighted by molar-refractivity contribution is -0.130. The smallest absolute Gasteiger partial charge is 0.242 e. The molecular formula is C31H33FN4O2S. The molecule has 5 rings (SSSR count). The van der Waals surface area contributed by atoms with E-state index < -0.39 is 11.1 Å². The van der Waals surface area contributed by atoms with Crippen LogP contribution in [0.3, 0.4) is 0 Å². The fourth-order valence-electron chi connectivity index (χ4n) is 5.22. The van der Waals surface area contributed by atoms with Gasteiger partial charge in [0.2, 0.25) is 11.8 Å². The summed E-state index contributed by atoms with van der Waals surface area (Å²) in [6.07, 6.45) is 1.60. The molecule has 1 atom stereocenters. The number of amides is 2. The van der Waals surface area contributed by atoms with Crippen molar-refractivity contribution in [3.63, 3.8) is 0 Å². The molecule has 0 saturated carbocycles. The van der Waals surface area contributed by atoms with Gasteiger partial charge in [0.25, 0.3) is 0 Å². The Hall–Kier alpha value is -3.49. The molecule has 1 N–H and O–H groups in total. The lowest BCUT2D eigenvalue weighted by Gasteiger charge is -2.36. The molecular weight excluding hydrogens is 511 g/mol. The number of amidine groups is 1. The number of nitrogens with one attached hydrogen (secondary N) is 1. The highest BCUT2D eigenvalue weighted by molar-refractivity contribution is 8.15. The molecule has 0 radical (unpaired) electrons. The van der Waals surface area contributed by atoms with Gasteiger partial charge in [0.05, 0.1) is 0 Å². The third-order valence-electron chi connectivity index (χ3n) is 7.32. The zero-order valence-electron chi connectivity index (χ0n) is 22.3. The van der Waals surface area contributed by atoms with Crippen LogP contribution in [0.1, 0.15) is 36.0 Å². The zero-order chi connectivity index (χ0) is 27.4. The van der Waals surface area contributed by atoms with E-state index >= 15 is 0 Å². The number of aryl methyl sites for hydroxylation is 2. The molecule has 0 aromatic heterocycles. The number of nitrogens with zero attached hydrogens (tertiary/aromatic N) is 3. The lowest BCUT2D eigenvalue weighted by Crippen LogP contribution is -2.47. The van der Waals surface area contributed by atoms with Gasteiger partial charge in [-0.15, -0.1) is 0 Å². The second kappa shape index (κ2) is 12.1. The predicted octanol–water partition coefficient (Wildman–Crippen LogP) is 6.07. The summed E-state index contributed by atoms with van der Waals surface area (Å²) in [5.41, 5.74) is 4.18. The highest BCUT2D eigenvalue weighted by Gasteiger charge is 2.43. The Morgan fingerprint density at radius 1 is 0.974 bits per heavy atom. The predicted molar refractivity (Wildman–Crippen MR) is 156 cm³/mol. The zero-order valence-corrected chi connectivity index (χ0v) is 23.1. The van der Waals surface area contributed by atoms with Crippen LogP contribution in [-0.4, -0.2) is 51.2 Å². The van der Waals surface area contributed by atoms with Crippen LogP contribution in [0.5, 0.6) is 0 Å². The summed E-state index contributed by atoms with van der Waals surface area (Å²) in [4.78, 5) is 35.5. The maximum atomic E-state index is 14.5. The Morgan fingerprint density at radius 3 is 2.33 bits per heavy atom. The average Bonchev–Trinajstić information content (AvgIpc) is 3.22. The first-order chi connectivity index (χ1) is 18.9. The number of halogens is 1. The summed E-state index contributed by atoms with van der Waals surface area (Å²) in [5.74, 6) is -0.789. The SMILES string of the molecule is Cc1cccc(C)c1NC(=O)CC1SC(=Nc2ccccc2F)N(C2CCN(Cc3ccccc3)CC2)C1=O. The summed E-state index contributed by atoms with van der Waals surface area (Å²) < 4.78 is 14.5. The largest absolute Gasteiger partial charge is 0.326 e. The first-order valence-corrected chi connectivity index (χ1v) is 14.2. The van der Waals surface area contributed by atoms with Crippen LogP contribution in [0.25, 0.3) is 0 Å². The summed E-state index contributed by atoms with van der Waals surface area (Å²) in [5, 5.41) is 2.85. The summed E-state index contributed by atoms with van der Waals surface area (Å²) in [6, 6.07) is 22.5. The van der Waals surface area contributed by atoms with Crippen molar-refractivity contribution < 1.29 is 14.0 Å². The van der Waals surface area contributed by atoms with E-state index in [1.165, 1.54) is 23.4 Å². The number of hydrogen-bond acceptors (Lipinski definition) is 5. The van der Waals surface area contributed by atoms with Crippen molar-refractivity contribution in [2.75, 3.05) is 18.4 Å². The summed E-state index contributed by atoms with van der Waals surface area (Å²) in [7, 11) is 0. The number of hydrogen-bond donors (Lipinski definition) is 1. The van der Waals surface area contributed by atoms with E-state index in [0.29, 0.717) is 5.17 Å². The highest BCUT2D eigenvalue weighted by atomic mass is 32.2. The molecule has 2 fully saturated rings. The minimum atomic E-state index is -0.609. The maximum absolute atomic E-state index is 14.5. The Labute approximate surface area is 233 Å². The van der Waals surface area contributed by atoms with Crippen LogP contribution in [0.2, 0.25) is 0 Å². The van der Waals surface area contributed by atoms with Gasteiger partial charge in [-0.3, -0.25) is 19.4 Å². The minimum absolute atomic E-state index is 0.0247. The number of benzene rings is 3. The summed E-state index contributed by atoms with van der Waals surface area (Å²) >= 11 is 1.26. The first kappa shape index (κ1) is 27.1. The van der Waals surface area contributed by atoms with Gasteiger partial charge in [0, 0.05) is 37.8 Å². The Morgan fingerprint density at radius 2 is 1.64 bits per heavy atom. The number of likely N-dealkylation sites (tertiary alicyclic amines) is 1. The Balaban J connectivity index is 1.32. The van der Waals surface area contributed by atoms with Gasteiger partial charge in [-0.2, -0.15) is 0 Å². The number of para-hydroxylation sites is 2. The van der Waals surface area contributed by atoms with Gasteiger partial charge < -0.3 is 5.32 Å². The van der Waals surface area contributed by atoms with Crippen LogP contribution in [0.4, 0.5) is 15.8 Å². The van der Waals surface area contributed by atoms with Crippen LogP contribution in [0.15, 0.2) is 77.8 Å². The molecule has 2 aliphatic rings. The fraction of sp³-hybridized carbons (Fsp3) is 0.323. The van der Waals surface area contributed by atoms with Crippen molar-refractivity contribution in [2.24, 2.45) is 4.99 Å². The first-order valence-electron chi connectivity index (χ1n) is 13.3. The van der Waals surface area contributed by atoms with E-state index in [4.69, 9.17) is 0 Å². The third-order valence-corrected chi connectivity index (χ3v) is 8.47. The summed E-state index contributed by atoms with van der Waals surface area (Å²) in [6.45, 7) is 6.46. The van der Waals surface area contributed by atoms with Gasteiger partial charge in [-0.25, -0.2) is 9.38 Å². The number of piperidine rings is 1. The van der Waals surface area contributed by atoms with Crippen molar-refractivity contribution in [1.29, 1.82) is 0 Å². The molecule has 0 spiro atoms. The van der Waals surface area contributed by atoms with E-state index in [2.05, 4.69) is 27.3 Å². The fourth-order valence-corrected chi connectivity index (χ4v) is 6.43. The molecule has 0 bridgehead atoms. The van der Waals surface area contributed by atoms with Crippen molar-refractivity contribution in [3.05, 3.63) is 95.3 Å². The molecule has 8 heteroatoms. The van der Waals surface area contributed by atoms with Crippen LogP contribution >= 0.6 is 11.8 Å². The average molecular weight is 545 g/mol. The quantitative estimate of drug-likeness (QED) is 0.392. The van der Waals surface area contributed by atoms with Gasteiger partial charge in [-0.1, -0.05) is 72.4 Å². The number of rotatable bonds is 7. The molecule has 2 heterocycles. The molecule has 1 unspecified atom stereocenters. The van der Waals surface area contributed by atoms with Crippen LogP contribution in [-0.2, 0) is 16.1 Å². The molecule has 2 amide bonds. The van der Waals surface area contributed by atoms with Gasteiger partial charge >= 0.3 is 0 Å². The molecule has 2 saturated heterocycles. The molecule has 3 aromatic carbocycles. The number of carbonyl (C=O) groups excluding carboxylic acids is 2. The van der Waals surface area contributed by atoms with E-state index in [-0.39, 0.29) is 30.0 Å². The molecule has 2 aliphatic heterocycles. The molecule has 3 aromatic rings. The van der Waals surface area contributed by atoms with Crippen LogP contribution in [0, 0.1) is 19.7 Å². The van der Waals surface area contributed by atoms with E-state index in [9.17, 15) is 14.0 Å². The lowest BCUT2D eigenvalue weighted by atomic mass is 10.0. The molecule has 6 nitrogen and oxygen atoms in total. The van der Waals surface area contributed by atoms with Gasteiger partial charge in [0.1, 0.15) is 16.8 Å². The normalized spacial score (nSPS) is 19.6. The highest BCUT2D eigenvalue weighted by Crippen LogP contribution is 2.36. The molecule has 39 heavy (non-hydrogen) atoms. The number of thioether (sulfide) groups is 1. The van der Waals surface area contributed by atoms with Crippen molar-refractivity contribution in [2.45, 2.75) is 50.9 Å².